The molecule has 0 fully saturated rings. The van der Waals surface area contributed by atoms with Gasteiger partial charge in [-0.25, -0.2) is 9.59 Å². The number of thioether (sulfide) groups is 2. The van der Waals surface area contributed by atoms with Crippen LogP contribution in [-0.2, 0) is 19.1 Å². The van der Waals surface area contributed by atoms with E-state index in [-0.39, 0.29) is 25.3 Å². The number of nitrogens with one attached hydrogen (secondary N) is 2. The molecule has 0 bridgehead atoms. The van der Waals surface area contributed by atoms with Crippen molar-refractivity contribution in [3.05, 3.63) is 70.7 Å². The molecule has 0 amide bonds. The lowest BCUT2D eigenvalue weighted by atomic mass is 10.3. The molecule has 0 saturated heterocycles. The Labute approximate surface area is 219 Å². The standard InChI is InChI=1S/C24H28Cl2N2O4S2/c1-27-19(15-33-21-7-3-17(25)4-8-21)13-31-23(29)11-12-24(30)32-14-20(28-2)16-34-22-9-5-18(26)6-10-22/h3-12,19-20,27-28H,13-16H2,1-2H3/b12-11+. The van der Waals surface area contributed by atoms with Gasteiger partial charge in [-0.1, -0.05) is 23.2 Å². The number of likely N-dealkylation sites (N-methyl/N-ethyl adjacent to an activating group) is 2. The summed E-state index contributed by atoms with van der Waals surface area (Å²) in [6.07, 6.45) is 2.16. The van der Waals surface area contributed by atoms with Crippen molar-refractivity contribution >= 4 is 58.7 Å². The van der Waals surface area contributed by atoms with Crippen LogP contribution in [0.5, 0.6) is 0 Å². The molecule has 0 aliphatic carbocycles. The summed E-state index contributed by atoms with van der Waals surface area (Å²) in [6.45, 7) is 0.359. The number of esters is 2. The average Bonchev–Trinajstić information content (AvgIpc) is 2.85. The van der Waals surface area contributed by atoms with Gasteiger partial charge in [0.1, 0.15) is 13.2 Å². The molecular formula is C24H28Cl2N2O4S2. The van der Waals surface area contributed by atoms with Gasteiger partial charge in [0.2, 0.25) is 0 Å². The Bertz CT molecular complexity index is 852. The molecule has 2 N–H and O–H groups in total. The minimum Gasteiger partial charge on any atom is -0.461 e. The lowest BCUT2D eigenvalue weighted by Gasteiger charge is -2.16. The fourth-order valence-electron chi connectivity index (χ4n) is 2.48. The molecule has 2 aromatic carbocycles. The monoisotopic (exact) mass is 542 g/mol. The highest BCUT2D eigenvalue weighted by Crippen LogP contribution is 2.22. The number of hydrogen-bond acceptors (Lipinski definition) is 8. The van der Waals surface area contributed by atoms with E-state index in [0.29, 0.717) is 21.6 Å². The Balaban J connectivity index is 1.66. The molecule has 34 heavy (non-hydrogen) atoms. The first-order valence-corrected chi connectivity index (χ1v) is 13.2. The number of benzene rings is 2. The van der Waals surface area contributed by atoms with E-state index in [1.165, 1.54) is 0 Å². The van der Waals surface area contributed by atoms with E-state index in [2.05, 4.69) is 10.6 Å². The van der Waals surface area contributed by atoms with Gasteiger partial charge in [-0.05, 0) is 62.6 Å². The van der Waals surface area contributed by atoms with Crippen molar-refractivity contribution in [1.29, 1.82) is 0 Å². The molecule has 0 aliphatic rings. The van der Waals surface area contributed by atoms with Crippen LogP contribution in [-0.4, -0.2) is 62.8 Å². The lowest BCUT2D eigenvalue weighted by molar-refractivity contribution is -0.141. The van der Waals surface area contributed by atoms with Crippen molar-refractivity contribution < 1.29 is 19.1 Å². The topological polar surface area (TPSA) is 76.7 Å². The number of hydrogen-bond donors (Lipinski definition) is 2. The van der Waals surface area contributed by atoms with E-state index >= 15 is 0 Å². The predicted molar refractivity (Wildman–Crippen MR) is 141 cm³/mol. The van der Waals surface area contributed by atoms with E-state index < -0.39 is 11.9 Å². The maximum Gasteiger partial charge on any atom is 0.331 e. The van der Waals surface area contributed by atoms with Gasteiger partial charge in [0.05, 0.1) is 12.1 Å². The summed E-state index contributed by atoms with van der Waals surface area (Å²) in [6, 6.07) is 15.0. The molecule has 0 saturated carbocycles. The SMILES string of the molecule is CNC(COC(=O)/C=C/C(=O)OCC(CSc1ccc(Cl)cc1)NC)CSc1ccc(Cl)cc1. The van der Waals surface area contributed by atoms with Gasteiger partial charge in [0, 0.05) is 43.5 Å². The Morgan fingerprint density at radius 2 is 1.12 bits per heavy atom. The highest BCUT2D eigenvalue weighted by atomic mass is 35.5. The maximum atomic E-state index is 12.0. The van der Waals surface area contributed by atoms with Crippen molar-refractivity contribution in [3.63, 3.8) is 0 Å². The highest BCUT2D eigenvalue weighted by Gasteiger charge is 2.12. The largest absolute Gasteiger partial charge is 0.461 e. The summed E-state index contributed by atoms with van der Waals surface area (Å²) < 4.78 is 10.5. The Morgan fingerprint density at radius 1 is 0.765 bits per heavy atom. The van der Waals surface area contributed by atoms with Crippen LogP contribution in [0.2, 0.25) is 10.0 Å². The third-order valence-corrected chi connectivity index (χ3v) is 7.41. The van der Waals surface area contributed by atoms with Crippen molar-refractivity contribution in [1.82, 2.24) is 10.6 Å². The Kier molecular flexibility index (Phi) is 13.5. The Hall–Kier alpha value is -1.68. The number of rotatable bonds is 14. The first kappa shape index (κ1) is 28.6. The molecule has 2 aromatic rings. The second-order valence-electron chi connectivity index (χ2n) is 7.09. The minimum atomic E-state index is -0.600. The molecule has 10 heteroatoms. The predicted octanol–water partition coefficient (Wildman–Crippen LogP) is 4.70. The summed E-state index contributed by atoms with van der Waals surface area (Å²) >= 11 is 15.0. The average molecular weight is 544 g/mol. The Morgan fingerprint density at radius 3 is 1.44 bits per heavy atom. The van der Waals surface area contributed by atoms with Crippen LogP contribution in [0.1, 0.15) is 0 Å². The van der Waals surface area contributed by atoms with E-state index in [4.69, 9.17) is 32.7 Å². The van der Waals surface area contributed by atoms with Gasteiger partial charge in [-0.3, -0.25) is 0 Å². The van der Waals surface area contributed by atoms with Crippen LogP contribution < -0.4 is 10.6 Å². The molecule has 2 atom stereocenters. The number of carbonyl (C=O) groups is 2. The molecule has 0 aromatic heterocycles. The van der Waals surface area contributed by atoms with Crippen LogP contribution in [0, 0.1) is 0 Å². The zero-order chi connectivity index (χ0) is 24.8. The molecule has 0 spiro atoms. The number of carbonyl (C=O) groups excluding carboxylic acids is 2. The van der Waals surface area contributed by atoms with Crippen LogP contribution in [0.15, 0.2) is 70.5 Å². The van der Waals surface area contributed by atoms with E-state index in [9.17, 15) is 9.59 Å². The second kappa shape index (κ2) is 16.1. The van der Waals surface area contributed by atoms with Gasteiger partial charge < -0.3 is 20.1 Å². The molecule has 0 radical (unpaired) electrons. The van der Waals surface area contributed by atoms with Crippen molar-refractivity contribution in [2.45, 2.75) is 21.9 Å². The molecule has 184 valence electrons. The van der Waals surface area contributed by atoms with Crippen LogP contribution >= 0.6 is 46.7 Å². The zero-order valence-electron chi connectivity index (χ0n) is 19.0. The highest BCUT2D eigenvalue weighted by molar-refractivity contribution is 7.99. The van der Waals surface area contributed by atoms with E-state index in [1.54, 1.807) is 37.6 Å². The summed E-state index contributed by atoms with van der Waals surface area (Å²) in [5, 5.41) is 7.60. The van der Waals surface area contributed by atoms with Crippen LogP contribution in [0.4, 0.5) is 0 Å². The molecule has 2 unspecified atom stereocenters. The summed E-state index contributed by atoms with van der Waals surface area (Å²) in [4.78, 5) is 26.1. The van der Waals surface area contributed by atoms with E-state index in [0.717, 1.165) is 21.9 Å². The number of halogens is 2. The number of ether oxygens (including phenoxy) is 2. The summed E-state index contributed by atoms with van der Waals surface area (Å²) in [5.74, 6) is 0.210. The van der Waals surface area contributed by atoms with Gasteiger partial charge in [-0.15, -0.1) is 23.5 Å². The molecular weight excluding hydrogens is 515 g/mol. The van der Waals surface area contributed by atoms with Crippen molar-refractivity contribution in [2.75, 3.05) is 38.8 Å². The molecule has 2 rings (SSSR count). The van der Waals surface area contributed by atoms with E-state index in [1.807, 2.05) is 48.5 Å². The van der Waals surface area contributed by atoms with Gasteiger partial charge in [0.15, 0.2) is 0 Å². The lowest BCUT2D eigenvalue weighted by Crippen LogP contribution is -2.33. The molecule has 0 aliphatic heterocycles. The molecule has 0 heterocycles. The van der Waals surface area contributed by atoms with Crippen molar-refractivity contribution in [3.8, 4) is 0 Å². The van der Waals surface area contributed by atoms with Gasteiger partial charge in [-0.2, -0.15) is 0 Å². The summed E-state index contributed by atoms with van der Waals surface area (Å²) in [7, 11) is 3.61. The summed E-state index contributed by atoms with van der Waals surface area (Å²) in [5.41, 5.74) is 0. The smallest absolute Gasteiger partial charge is 0.331 e. The van der Waals surface area contributed by atoms with Crippen LogP contribution in [0.25, 0.3) is 0 Å². The van der Waals surface area contributed by atoms with Gasteiger partial charge in [0.25, 0.3) is 0 Å². The maximum absolute atomic E-state index is 12.0. The first-order valence-electron chi connectivity index (χ1n) is 10.5. The quantitative estimate of drug-likeness (QED) is 0.202. The second-order valence-corrected chi connectivity index (χ2v) is 10.2. The fourth-order valence-corrected chi connectivity index (χ4v) is 4.70. The third kappa shape index (κ3) is 11.6. The zero-order valence-corrected chi connectivity index (χ0v) is 22.1. The normalized spacial score (nSPS) is 12.9. The minimum absolute atomic E-state index is 0.0421. The van der Waals surface area contributed by atoms with Crippen molar-refractivity contribution in [2.24, 2.45) is 0 Å². The van der Waals surface area contributed by atoms with Gasteiger partial charge >= 0.3 is 11.9 Å². The first-order chi connectivity index (χ1) is 16.4. The molecule has 6 nitrogen and oxygen atoms in total. The third-order valence-electron chi connectivity index (χ3n) is 4.56. The fraction of sp³-hybridized carbons (Fsp3) is 0.333. The van der Waals surface area contributed by atoms with Crippen LogP contribution in [0.3, 0.4) is 0 Å².